The zero-order valence-corrected chi connectivity index (χ0v) is 16.4. The van der Waals surface area contributed by atoms with Crippen LogP contribution in [0.2, 0.25) is 0 Å². The van der Waals surface area contributed by atoms with Crippen LogP contribution in [0.25, 0.3) is 0 Å². The van der Waals surface area contributed by atoms with Gasteiger partial charge in [-0.25, -0.2) is 4.79 Å². The topological polar surface area (TPSA) is 232 Å². The lowest BCUT2D eigenvalue weighted by Gasteiger charge is -2.24. The highest BCUT2D eigenvalue weighted by Crippen LogP contribution is 2.11. The summed E-state index contributed by atoms with van der Waals surface area (Å²) in [5.74, 6) is -4.37. The van der Waals surface area contributed by atoms with Crippen LogP contribution in [0.15, 0.2) is 24.3 Å². The van der Waals surface area contributed by atoms with Crippen molar-refractivity contribution in [2.24, 2.45) is 5.73 Å². The van der Waals surface area contributed by atoms with Crippen molar-refractivity contribution < 1.29 is 44.7 Å². The number of carboxylic acid groups (broad SMARTS) is 1. The van der Waals surface area contributed by atoms with E-state index in [9.17, 15) is 29.4 Å². The van der Waals surface area contributed by atoms with Crippen molar-refractivity contribution in [2.45, 2.75) is 30.6 Å². The maximum Gasteiger partial charge on any atom is 0.328 e. The maximum absolute atomic E-state index is 12.7. The van der Waals surface area contributed by atoms with E-state index >= 15 is 0 Å². The Labute approximate surface area is 176 Å². The Morgan fingerprint density at radius 1 is 0.774 bits per heavy atom. The highest BCUT2D eigenvalue weighted by molar-refractivity contribution is 5.94. The number of nitrogens with two attached hydrogens (primary N) is 1. The number of aliphatic carboxylic acids is 1. The number of phenols is 1. The number of carbonyl (C=O) groups excluding carboxylic acids is 3. The first-order valence-electron chi connectivity index (χ1n) is 9.12. The Bertz CT molecular complexity index is 772. The zero-order chi connectivity index (χ0) is 23.6. The molecule has 4 atom stereocenters. The van der Waals surface area contributed by atoms with Crippen LogP contribution < -0.4 is 21.7 Å². The van der Waals surface area contributed by atoms with Crippen LogP contribution in [0, 0.1) is 0 Å². The first-order chi connectivity index (χ1) is 14.6. The number of hydrogen-bond acceptors (Lipinski definition) is 9. The van der Waals surface area contributed by atoms with Gasteiger partial charge in [-0.1, -0.05) is 12.1 Å². The van der Waals surface area contributed by atoms with Crippen LogP contribution in [0.5, 0.6) is 5.75 Å². The molecule has 0 bridgehead atoms. The molecule has 31 heavy (non-hydrogen) atoms. The van der Waals surface area contributed by atoms with Crippen molar-refractivity contribution in [1.82, 2.24) is 16.0 Å². The summed E-state index contributed by atoms with van der Waals surface area (Å²) in [5, 5.41) is 52.1. The molecule has 1 rings (SSSR count). The molecule has 13 heteroatoms. The molecule has 0 radical (unpaired) electrons. The Morgan fingerprint density at radius 2 is 1.26 bits per heavy atom. The second-order valence-electron chi connectivity index (χ2n) is 6.55. The molecule has 0 aromatic heterocycles. The first kappa shape index (κ1) is 25.8. The Hall–Kier alpha value is -3.26. The van der Waals surface area contributed by atoms with Crippen LogP contribution in [-0.4, -0.2) is 93.2 Å². The van der Waals surface area contributed by atoms with Gasteiger partial charge in [0.25, 0.3) is 0 Å². The summed E-state index contributed by atoms with van der Waals surface area (Å²) in [6, 6.07) is -0.129. The average Bonchev–Trinajstić information content (AvgIpc) is 2.75. The SMILES string of the molecule is NC(CO)C(=O)NC(Cc1ccc(O)cc1)C(=O)NC(CO)C(=O)NC(CO)C(=O)O. The number of carboxylic acids is 1. The van der Waals surface area contributed by atoms with Gasteiger partial charge in [0.1, 0.15) is 29.9 Å². The van der Waals surface area contributed by atoms with E-state index in [1.165, 1.54) is 24.3 Å². The third-order valence-electron chi connectivity index (χ3n) is 4.16. The first-order valence-corrected chi connectivity index (χ1v) is 9.12. The number of hydrogen-bond donors (Lipinski definition) is 9. The minimum atomic E-state index is -1.64. The van der Waals surface area contributed by atoms with Crippen LogP contribution in [0.3, 0.4) is 0 Å². The third-order valence-corrected chi connectivity index (χ3v) is 4.16. The number of aromatic hydroxyl groups is 1. The van der Waals surface area contributed by atoms with Gasteiger partial charge < -0.3 is 47.2 Å². The molecule has 172 valence electrons. The van der Waals surface area contributed by atoms with Crippen molar-refractivity contribution in [3.8, 4) is 5.75 Å². The lowest BCUT2D eigenvalue weighted by Crippen LogP contribution is -2.59. The molecule has 0 aliphatic rings. The predicted molar refractivity (Wildman–Crippen MR) is 104 cm³/mol. The highest BCUT2D eigenvalue weighted by Gasteiger charge is 2.30. The van der Waals surface area contributed by atoms with Crippen LogP contribution in [0.4, 0.5) is 0 Å². The molecule has 13 nitrogen and oxygen atoms in total. The summed E-state index contributed by atoms with van der Waals surface area (Å²) >= 11 is 0. The lowest BCUT2D eigenvalue weighted by molar-refractivity contribution is -0.143. The average molecular weight is 442 g/mol. The second kappa shape index (κ2) is 12.4. The molecule has 0 heterocycles. The zero-order valence-electron chi connectivity index (χ0n) is 16.4. The van der Waals surface area contributed by atoms with Gasteiger partial charge in [0.05, 0.1) is 19.8 Å². The van der Waals surface area contributed by atoms with E-state index in [0.717, 1.165) is 0 Å². The fourth-order valence-corrected chi connectivity index (χ4v) is 2.36. The van der Waals surface area contributed by atoms with Gasteiger partial charge in [0.2, 0.25) is 17.7 Å². The number of carbonyl (C=O) groups is 4. The number of nitrogens with one attached hydrogen (secondary N) is 3. The quantitative estimate of drug-likeness (QED) is 0.151. The molecule has 3 amide bonds. The van der Waals surface area contributed by atoms with Gasteiger partial charge in [-0.3, -0.25) is 14.4 Å². The number of phenolic OH excluding ortho intramolecular Hbond substituents is 1. The predicted octanol–water partition coefficient (Wildman–Crippen LogP) is -4.22. The number of rotatable bonds is 12. The van der Waals surface area contributed by atoms with E-state index in [1.54, 1.807) is 0 Å². The molecule has 0 spiro atoms. The van der Waals surface area contributed by atoms with Crippen LogP contribution >= 0.6 is 0 Å². The standard InChI is InChI=1S/C18H26N4O9/c19-11(6-23)15(27)20-12(5-9-1-3-10(26)4-2-9)16(28)21-13(7-24)17(29)22-14(8-25)18(30)31/h1-4,11-14,23-26H,5-8,19H2,(H,20,27)(H,21,28)(H,22,29)(H,30,31). The van der Waals surface area contributed by atoms with Gasteiger partial charge in [-0.15, -0.1) is 0 Å². The van der Waals surface area contributed by atoms with Crippen molar-refractivity contribution >= 4 is 23.7 Å². The molecule has 10 N–H and O–H groups in total. The molecule has 1 aromatic carbocycles. The van der Waals surface area contributed by atoms with Gasteiger partial charge in [0.15, 0.2) is 0 Å². The molecular weight excluding hydrogens is 416 g/mol. The largest absolute Gasteiger partial charge is 0.508 e. The summed E-state index contributed by atoms with van der Waals surface area (Å²) < 4.78 is 0. The molecule has 0 aliphatic heterocycles. The second-order valence-corrected chi connectivity index (χ2v) is 6.55. The Balaban J connectivity index is 2.97. The number of aliphatic hydroxyl groups is 3. The fraction of sp³-hybridized carbons (Fsp3) is 0.444. The van der Waals surface area contributed by atoms with Gasteiger partial charge in [0, 0.05) is 6.42 Å². The summed E-state index contributed by atoms with van der Waals surface area (Å²) in [4.78, 5) is 47.8. The lowest BCUT2D eigenvalue weighted by atomic mass is 10.0. The van der Waals surface area contributed by atoms with Crippen molar-refractivity contribution in [2.75, 3.05) is 19.8 Å². The maximum atomic E-state index is 12.7. The smallest absolute Gasteiger partial charge is 0.328 e. The Kier molecular flexibility index (Phi) is 10.3. The van der Waals surface area contributed by atoms with E-state index in [4.69, 9.17) is 21.1 Å². The molecule has 0 fully saturated rings. The van der Waals surface area contributed by atoms with E-state index in [1.807, 2.05) is 5.32 Å². The van der Waals surface area contributed by atoms with E-state index in [-0.39, 0.29) is 12.2 Å². The molecule has 0 aliphatic carbocycles. The molecule has 1 aromatic rings. The van der Waals surface area contributed by atoms with Crippen molar-refractivity contribution in [3.63, 3.8) is 0 Å². The van der Waals surface area contributed by atoms with Gasteiger partial charge >= 0.3 is 5.97 Å². The molecular formula is C18H26N4O9. The number of aliphatic hydroxyl groups excluding tert-OH is 3. The molecule has 0 saturated heterocycles. The summed E-state index contributed by atoms with van der Waals surface area (Å²) in [5.41, 5.74) is 5.96. The minimum Gasteiger partial charge on any atom is -0.508 e. The normalized spacial score (nSPS) is 14.6. The van der Waals surface area contributed by atoms with Crippen LogP contribution in [0.1, 0.15) is 5.56 Å². The van der Waals surface area contributed by atoms with Gasteiger partial charge in [-0.05, 0) is 17.7 Å². The van der Waals surface area contributed by atoms with E-state index in [2.05, 4.69) is 10.6 Å². The van der Waals surface area contributed by atoms with Crippen LogP contribution in [-0.2, 0) is 25.6 Å². The highest BCUT2D eigenvalue weighted by atomic mass is 16.4. The van der Waals surface area contributed by atoms with Crippen molar-refractivity contribution in [1.29, 1.82) is 0 Å². The van der Waals surface area contributed by atoms with Gasteiger partial charge in [-0.2, -0.15) is 0 Å². The number of benzene rings is 1. The number of amides is 3. The monoisotopic (exact) mass is 442 g/mol. The fourth-order valence-electron chi connectivity index (χ4n) is 2.36. The molecule has 0 saturated carbocycles. The molecule has 4 unspecified atom stereocenters. The summed E-state index contributed by atoms with van der Waals surface area (Å²) in [6.45, 7) is -2.49. The van der Waals surface area contributed by atoms with E-state index in [0.29, 0.717) is 5.56 Å². The Morgan fingerprint density at radius 3 is 1.74 bits per heavy atom. The summed E-state index contributed by atoms with van der Waals surface area (Å²) in [7, 11) is 0. The van der Waals surface area contributed by atoms with E-state index < -0.39 is 67.7 Å². The van der Waals surface area contributed by atoms with Crippen molar-refractivity contribution in [3.05, 3.63) is 29.8 Å². The third kappa shape index (κ3) is 8.18. The minimum absolute atomic E-state index is 0.0232. The summed E-state index contributed by atoms with van der Waals surface area (Å²) in [6.07, 6.45) is -0.0931.